The van der Waals surface area contributed by atoms with Crippen LogP contribution >= 0.6 is 27.5 Å². The van der Waals surface area contributed by atoms with Gasteiger partial charge in [-0.1, -0.05) is 11.6 Å². The first-order chi connectivity index (χ1) is 14.4. The molecule has 2 N–H and O–H groups in total. The number of fused-ring (bicyclic) bond motifs is 1. The van der Waals surface area contributed by atoms with Crippen LogP contribution in [0.15, 0.2) is 34.8 Å². The number of amides is 2. The molecule has 10 heteroatoms. The van der Waals surface area contributed by atoms with Gasteiger partial charge in [-0.05, 0) is 41.2 Å². The van der Waals surface area contributed by atoms with Crippen LogP contribution in [0.3, 0.4) is 0 Å². The Bertz CT molecular complexity index is 956. The molecule has 2 amide bonds. The van der Waals surface area contributed by atoms with Crippen LogP contribution in [-0.2, 0) is 9.59 Å². The summed E-state index contributed by atoms with van der Waals surface area (Å²) in [6.45, 7) is 0.961. The molecule has 3 rings (SSSR count). The monoisotopic (exact) mass is 497 g/mol. The SMILES string of the molecule is COc1ccc(Cl)cc1NC(=O)CN(C)CC(=O)Nc1cc2c(cc1Br)OCCO2. The average molecular weight is 499 g/mol. The van der Waals surface area contributed by atoms with E-state index in [2.05, 4.69) is 26.6 Å². The molecular formula is C20H21BrClN3O5. The van der Waals surface area contributed by atoms with E-state index in [0.717, 1.165) is 0 Å². The minimum Gasteiger partial charge on any atom is -0.495 e. The third kappa shape index (κ3) is 5.78. The molecule has 8 nitrogen and oxygen atoms in total. The van der Waals surface area contributed by atoms with Crippen molar-refractivity contribution >= 4 is 50.7 Å². The molecular weight excluding hydrogens is 478 g/mol. The Hall–Kier alpha value is -2.49. The summed E-state index contributed by atoms with van der Waals surface area (Å²) in [4.78, 5) is 26.3. The number of carbonyl (C=O) groups is 2. The first kappa shape index (κ1) is 22.2. The van der Waals surface area contributed by atoms with Gasteiger partial charge in [-0.2, -0.15) is 0 Å². The number of halogens is 2. The zero-order valence-corrected chi connectivity index (χ0v) is 18.8. The standard InChI is InChI=1S/C20H21BrClN3O5/c1-25(11-20(27)24-15-7-12(22)3-4-16(15)28-2)10-19(26)23-14-9-18-17(8-13(14)21)29-5-6-30-18/h3-4,7-9H,5-6,10-11H2,1-2H3,(H,23,26)(H,24,27). The van der Waals surface area contributed by atoms with Gasteiger partial charge < -0.3 is 24.8 Å². The van der Waals surface area contributed by atoms with Gasteiger partial charge in [0.25, 0.3) is 0 Å². The zero-order valence-electron chi connectivity index (χ0n) is 16.5. The molecule has 2 aromatic carbocycles. The van der Waals surface area contributed by atoms with E-state index in [1.807, 2.05) is 0 Å². The number of hydrogen-bond acceptors (Lipinski definition) is 6. The molecule has 0 fully saturated rings. The van der Waals surface area contributed by atoms with E-state index in [0.29, 0.717) is 51.3 Å². The molecule has 160 valence electrons. The van der Waals surface area contributed by atoms with Gasteiger partial charge in [-0.25, -0.2) is 0 Å². The first-order valence-corrected chi connectivity index (χ1v) is 10.2. The molecule has 1 aliphatic heterocycles. The molecule has 1 heterocycles. The van der Waals surface area contributed by atoms with Crippen LogP contribution in [-0.4, -0.2) is 57.2 Å². The van der Waals surface area contributed by atoms with E-state index in [9.17, 15) is 9.59 Å². The van der Waals surface area contributed by atoms with Gasteiger partial charge in [0.2, 0.25) is 11.8 Å². The highest BCUT2D eigenvalue weighted by Gasteiger charge is 2.18. The number of anilines is 2. The molecule has 0 bridgehead atoms. The van der Waals surface area contributed by atoms with Gasteiger partial charge in [-0.3, -0.25) is 14.5 Å². The number of hydrogen-bond donors (Lipinski definition) is 2. The van der Waals surface area contributed by atoms with Crippen molar-refractivity contribution in [3.63, 3.8) is 0 Å². The molecule has 0 radical (unpaired) electrons. The van der Waals surface area contributed by atoms with Crippen molar-refractivity contribution < 1.29 is 23.8 Å². The minimum absolute atomic E-state index is 0.00535. The van der Waals surface area contributed by atoms with Gasteiger partial charge in [0, 0.05) is 21.6 Å². The maximum absolute atomic E-state index is 12.4. The maximum atomic E-state index is 12.4. The van der Waals surface area contributed by atoms with Crippen LogP contribution < -0.4 is 24.8 Å². The second-order valence-electron chi connectivity index (χ2n) is 6.59. The summed E-state index contributed by atoms with van der Waals surface area (Å²) >= 11 is 9.39. The number of rotatable bonds is 7. The van der Waals surface area contributed by atoms with Crippen LogP contribution in [0.4, 0.5) is 11.4 Å². The second-order valence-corrected chi connectivity index (χ2v) is 7.88. The van der Waals surface area contributed by atoms with Crippen molar-refractivity contribution in [2.45, 2.75) is 0 Å². The van der Waals surface area contributed by atoms with Crippen molar-refractivity contribution in [2.24, 2.45) is 0 Å². The predicted molar refractivity (Wildman–Crippen MR) is 118 cm³/mol. The summed E-state index contributed by atoms with van der Waals surface area (Å²) in [6.07, 6.45) is 0. The Labute approximate surface area is 187 Å². The fraction of sp³-hybridized carbons (Fsp3) is 0.300. The number of methoxy groups -OCH3 is 1. The normalized spacial score (nSPS) is 12.4. The van der Waals surface area contributed by atoms with Gasteiger partial charge in [-0.15, -0.1) is 0 Å². The maximum Gasteiger partial charge on any atom is 0.238 e. The lowest BCUT2D eigenvalue weighted by molar-refractivity contribution is -0.119. The number of likely N-dealkylation sites (N-methyl/N-ethyl adjacent to an activating group) is 1. The topological polar surface area (TPSA) is 89.1 Å². The lowest BCUT2D eigenvalue weighted by Crippen LogP contribution is -2.36. The summed E-state index contributed by atoms with van der Waals surface area (Å²) in [5.41, 5.74) is 1.03. The third-order valence-corrected chi connectivity index (χ3v) is 5.06. The smallest absolute Gasteiger partial charge is 0.238 e. The molecule has 0 atom stereocenters. The van der Waals surface area contributed by atoms with Crippen LogP contribution in [0.5, 0.6) is 17.2 Å². The van der Waals surface area contributed by atoms with Crippen LogP contribution in [0.2, 0.25) is 5.02 Å². The lowest BCUT2D eigenvalue weighted by Gasteiger charge is -2.21. The van der Waals surface area contributed by atoms with Crippen LogP contribution in [0.1, 0.15) is 0 Å². The quantitative estimate of drug-likeness (QED) is 0.608. The summed E-state index contributed by atoms with van der Waals surface area (Å²) in [6, 6.07) is 8.39. The highest BCUT2D eigenvalue weighted by Crippen LogP contribution is 2.38. The summed E-state index contributed by atoms with van der Waals surface area (Å²) in [5.74, 6) is 1.12. The number of ether oxygens (including phenoxy) is 3. The summed E-state index contributed by atoms with van der Waals surface area (Å²) in [7, 11) is 3.18. The van der Waals surface area contributed by atoms with E-state index in [1.54, 1.807) is 42.3 Å². The van der Waals surface area contributed by atoms with E-state index < -0.39 is 0 Å². The second kappa shape index (κ2) is 10.0. The van der Waals surface area contributed by atoms with E-state index in [-0.39, 0.29) is 24.9 Å². The first-order valence-electron chi connectivity index (χ1n) is 9.06. The predicted octanol–water partition coefficient (Wildman–Crippen LogP) is 3.39. The lowest BCUT2D eigenvalue weighted by atomic mass is 10.2. The van der Waals surface area contributed by atoms with Crippen LogP contribution in [0, 0.1) is 0 Å². The van der Waals surface area contributed by atoms with Gasteiger partial charge in [0.1, 0.15) is 19.0 Å². The molecule has 0 saturated heterocycles. The molecule has 1 aliphatic rings. The largest absolute Gasteiger partial charge is 0.495 e. The molecule has 0 aromatic heterocycles. The molecule has 0 saturated carbocycles. The van der Waals surface area contributed by atoms with Gasteiger partial charge in [0.15, 0.2) is 11.5 Å². The Morgan fingerprint density at radius 2 is 1.67 bits per heavy atom. The number of benzene rings is 2. The van der Waals surface area contributed by atoms with Crippen molar-refractivity contribution in [3.05, 3.63) is 39.8 Å². The molecule has 30 heavy (non-hydrogen) atoms. The third-order valence-electron chi connectivity index (χ3n) is 4.17. The number of nitrogens with zero attached hydrogens (tertiary/aromatic N) is 1. The number of carbonyl (C=O) groups excluding carboxylic acids is 2. The molecule has 0 unspecified atom stereocenters. The summed E-state index contributed by atoms with van der Waals surface area (Å²) < 4.78 is 16.9. The van der Waals surface area contributed by atoms with Crippen LogP contribution in [0.25, 0.3) is 0 Å². The van der Waals surface area contributed by atoms with E-state index >= 15 is 0 Å². The molecule has 2 aromatic rings. The Kier molecular flexibility index (Phi) is 7.41. The van der Waals surface area contributed by atoms with E-state index in [1.165, 1.54) is 7.11 Å². The minimum atomic E-state index is -0.300. The molecule has 0 spiro atoms. The van der Waals surface area contributed by atoms with E-state index in [4.69, 9.17) is 25.8 Å². The van der Waals surface area contributed by atoms with Gasteiger partial charge in [0.05, 0.1) is 31.6 Å². The van der Waals surface area contributed by atoms with Gasteiger partial charge >= 0.3 is 0 Å². The number of nitrogens with one attached hydrogen (secondary N) is 2. The van der Waals surface area contributed by atoms with Crippen molar-refractivity contribution in [1.82, 2.24) is 4.90 Å². The zero-order chi connectivity index (χ0) is 21.7. The van der Waals surface area contributed by atoms with Crippen molar-refractivity contribution in [1.29, 1.82) is 0 Å². The fourth-order valence-corrected chi connectivity index (χ4v) is 3.46. The Morgan fingerprint density at radius 3 is 2.30 bits per heavy atom. The Morgan fingerprint density at radius 1 is 1.07 bits per heavy atom. The fourth-order valence-electron chi connectivity index (χ4n) is 2.86. The summed E-state index contributed by atoms with van der Waals surface area (Å²) in [5, 5.41) is 6.02. The van der Waals surface area contributed by atoms with Crippen molar-refractivity contribution in [2.75, 3.05) is 51.1 Å². The average Bonchev–Trinajstić information content (AvgIpc) is 2.68. The molecule has 0 aliphatic carbocycles. The highest BCUT2D eigenvalue weighted by molar-refractivity contribution is 9.10. The highest BCUT2D eigenvalue weighted by atomic mass is 79.9. The Balaban J connectivity index is 1.55. The van der Waals surface area contributed by atoms with Crippen molar-refractivity contribution in [3.8, 4) is 17.2 Å².